The summed E-state index contributed by atoms with van der Waals surface area (Å²) < 4.78 is 44.2. The van der Waals surface area contributed by atoms with Gasteiger partial charge in [-0.3, -0.25) is 9.59 Å². The maximum atomic E-state index is 13.0. The molecule has 3 aromatic rings. The molecule has 0 spiro atoms. The van der Waals surface area contributed by atoms with Crippen LogP contribution in [0.4, 0.5) is 18.9 Å². The highest BCUT2D eigenvalue weighted by Gasteiger charge is 2.30. The zero-order valence-electron chi connectivity index (χ0n) is 20.3. The van der Waals surface area contributed by atoms with Crippen molar-refractivity contribution in [3.05, 3.63) is 95.1 Å². The van der Waals surface area contributed by atoms with E-state index in [9.17, 15) is 22.8 Å². The van der Waals surface area contributed by atoms with Crippen LogP contribution >= 0.6 is 0 Å². The molecule has 1 aliphatic heterocycles. The summed E-state index contributed by atoms with van der Waals surface area (Å²) in [6.07, 6.45) is -3.05. The Bertz CT molecular complexity index is 1250. The van der Waals surface area contributed by atoms with Gasteiger partial charge in [0, 0.05) is 31.4 Å². The van der Waals surface area contributed by atoms with Crippen LogP contribution < -0.4 is 20.3 Å². The lowest BCUT2D eigenvalue weighted by Gasteiger charge is -2.35. The maximum absolute atomic E-state index is 13.0. The van der Waals surface area contributed by atoms with Gasteiger partial charge in [0.2, 0.25) is 0 Å². The van der Waals surface area contributed by atoms with Crippen LogP contribution in [0.2, 0.25) is 0 Å². The predicted molar refractivity (Wildman–Crippen MR) is 135 cm³/mol. The molecule has 0 bridgehead atoms. The third-order valence-electron chi connectivity index (χ3n) is 6.38. The third kappa shape index (κ3) is 6.41. The number of halogens is 3. The van der Waals surface area contributed by atoms with E-state index in [-0.39, 0.29) is 24.4 Å². The summed E-state index contributed by atoms with van der Waals surface area (Å²) in [5.41, 5.74) is 1.30. The Morgan fingerprint density at radius 3 is 2.30 bits per heavy atom. The number of nitrogens with one attached hydrogen (secondary N) is 2. The number of amides is 2. The normalized spacial score (nSPS) is 14.2. The number of carbonyl (C=O) groups is 2. The largest absolute Gasteiger partial charge is 0.496 e. The number of methoxy groups -OCH3 is 1. The summed E-state index contributed by atoms with van der Waals surface area (Å²) in [4.78, 5) is 27.8. The lowest BCUT2D eigenvalue weighted by Crippen LogP contribution is -2.45. The van der Waals surface area contributed by atoms with E-state index in [1.54, 1.807) is 42.5 Å². The van der Waals surface area contributed by atoms with Gasteiger partial charge in [0.1, 0.15) is 5.75 Å². The zero-order chi connectivity index (χ0) is 26.4. The molecule has 0 aromatic heterocycles. The number of piperidine rings is 1. The monoisotopic (exact) mass is 511 g/mol. The summed E-state index contributed by atoms with van der Waals surface area (Å²) in [7, 11) is 1.53. The number of alkyl halides is 3. The van der Waals surface area contributed by atoms with E-state index in [0.717, 1.165) is 17.8 Å². The van der Waals surface area contributed by atoms with E-state index in [2.05, 4.69) is 15.5 Å². The molecule has 4 rings (SSSR count). The highest BCUT2D eigenvalue weighted by Crippen LogP contribution is 2.30. The van der Waals surface area contributed by atoms with Crippen molar-refractivity contribution in [1.29, 1.82) is 0 Å². The summed E-state index contributed by atoms with van der Waals surface area (Å²) in [6, 6.07) is 19.1. The molecule has 6 nitrogen and oxygen atoms in total. The van der Waals surface area contributed by atoms with Gasteiger partial charge in [0.15, 0.2) is 0 Å². The Kier molecular flexibility index (Phi) is 8.01. The number of ether oxygens (including phenoxy) is 1. The Balaban J connectivity index is 1.36. The first-order valence-corrected chi connectivity index (χ1v) is 12.0. The minimum atomic E-state index is -4.44. The molecule has 0 aliphatic carbocycles. The molecule has 1 aliphatic rings. The smallest absolute Gasteiger partial charge is 0.416 e. The van der Waals surface area contributed by atoms with Gasteiger partial charge in [-0.05, 0) is 54.8 Å². The predicted octanol–water partition coefficient (Wildman–Crippen LogP) is 5.04. The standard InChI is InChI=1S/C28H28F3N3O3/c1-37-25-12-5-3-10-23(25)27(36)33-21-13-15-34(16-14-21)24-11-4-2-9-22(24)26(35)32-18-19-7-6-8-20(17-19)28(29,30)31/h2-12,17,21H,13-16,18H2,1H3,(H,32,35)(H,33,36). The van der Waals surface area contributed by atoms with Crippen LogP contribution in [0.5, 0.6) is 5.75 Å². The van der Waals surface area contributed by atoms with Crippen molar-refractivity contribution in [1.82, 2.24) is 10.6 Å². The van der Waals surface area contributed by atoms with Gasteiger partial charge in [-0.25, -0.2) is 0 Å². The summed E-state index contributed by atoms with van der Waals surface area (Å²) in [6.45, 7) is 1.25. The minimum absolute atomic E-state index is 0.0180. The van der Waals surface area contributed by atoms with Crippen molar-refractivity contribution >= 4 is 17.5 Å². The lowest BCUT2D eigenvalue weighted by molar-refractivity contribution is -0.137. The van der Waals surface area contributed by atoms with Gasteiger partial charge >= 0.3 is 6.18 Å². The fourth-order valence-corrected chi connectivity index (χ4v) is 4.44. The van der Waals surface area contributed by atoms with E-state index < -0.39 is 11.7 Å². The second kappa shape index (κ2) is 11.4. The molecule has 37 heavy (non-hydrogen) atoms. The van der Waals surface area contributed by atoms with E-state index in [1.807, 2.05) is 12.1 Å². The summed E-state index contributed by atoms with van der Waals surface area (Å²) >= 11 is 0. The zero-order valence-corrected chi connectivity index (χ0v) is 20.3. The Hall–Kier alpha value is -4.01. The van der Waals surface area contributed by atoms with E-state index in [0.29, 0.717) is 48.4 Å². The number of anilines is 1. The molecule has 2 amide bonds. The SMILES string of the molecule is COc1ccccc1C(=O)NC1CCN(c2ccccc2C(=O)NCc2cccc(C(F)(F)F)c2)CC1. The number of hydrogen-bond acceptors (Lipinski definition) is 4. The van der Waals surface area contributed by atoms with Crippen molar-refractivity contribution in [3.63, 3.8) is 0 Å². The van der Waals surface area contributed by atoms with E-state index in [4.69, 9.17) is 4.74 Å². The molecule has 0 saturated carbocycles. The van der Waals surface area contributed by atoms with Crippen molar-refractivity contribution < 1.29 is 27.5 Å². The first-order valence-electron chi connectivity index (χ1n) is 12.0. The Labute approximate surface area is 213 Å². The van der Waals surface area contributed by atoms with Crippen molar-refractivity contribution in [2.75, 3.05) is 25.1 Å². The quantitative estimate of drug-likeness (QED) is 0.466. The van der Waals surface area contributed by atoms with Crippen molar-refractivity contribution in [2.45, 2.75) is 31.6 Å². The highest BCUT2D eigenvalue weighted by molar-refractivity contribution is 6.00. The summed E-state index contributed by atoms with van der Waals surface area (Å²) in [5, 5.41) is 5.80. The Morgan fingerprint density at radius 2 is 1.59 bits per heavy atom. The molecular formula is C28H28F3N3O3. The number of rotatable bonds is 7. The lowest BCUT2D eigenvalue weighted by atomic mass is 10.0. The van der Waals surface area contributed by atoms with Crippen molar-refractivity contribution in [2.24, 2.45) is 0 Å². The van der Waals surface area contributed by atoms with Crippen LogP contribution in [0.15, 0.2) is 72.8 Å². The van der Waals surface area contributed by atoms with Crippen LogP contribution in [0.1, 0.15) is 44.7 Å². The maximum Gasteiger partial charge on any atom is 0.416 e. The highest BCUT2D eigenvalue weighted by atomic mass is 19.4. The van der Waals surface area contributed by atoms with Crippen molar-refractivity contribution in [3.8, 4) is 5.75 Å². The van der Waals surface area contributed by atoms with Gasteiger partial charge in [0.05, 0.1) is 23.8 Å². The molecule has 0 radical (unpaired) electrons. The third-order valence-corrected chi connectivity index (χ3v) is 6.38. The van der Waals surface area contributed by atoms with Gasteiger partial charge < -0.3 is 20.3 Å². The molecule has 3 aromatic carbocycles. The minimum Gasteiger partial charge on any atom is -0.496 e. The molecule has 0 atom stereocenters. The van der Waals surface area contributed by atoms with Crippen LogP contribution in [0.25, 0.3) is 0 Å². The average molecular weight is 512 g/mol. The second-order valence-corrected chi connectivity index (χ2v) is 8.83. The first-order chi connectivity index (χ1) is 17.8. The molecule has 1 heterocycles. The average Bonchev–Trinajstić information content (AvgIpc) is 2.92. The molecule has 9 heteroatoms. The fourth-order valence-electron chi connectivity index (χ4n) is 4.44. The number of hydrogen-bond donors (Lipinski definition) is 2. The van der Waals surface area contributed by atoms with Crippen LogP contribution in [-0.2, 0) is 12.7 Å². The second-order valence-electron chi connectivity index (χ2n) is 8.83. The number of para-hydroxylation sites is 2. The molecule has 1 saturated heterocycles. The van der Waals surface area contributed by atoms with E-state index >= 15 is 0 Å². The molecule has 1 fully saturated rings. The van der Waals surface area contributed by atoms with Gasteiger partial charge in [-0.1, -0.05) is 36.4 Å². The molecule has 2 N–H and O–H groups in total. The number of benzene rings is 3. The van der Waals surface area contributed by atoms with Crippen LogP contribution in [0.3, 0.4) is 0 Å². The van der Waals surface area contributed by atoms with Gasteiger partial charge in [0.25, 0.3) is 11.8 Å². The molecular weight excluding hydrogens is 483 g/mol. The van der Waals surface area contributed by atoms with Gasteiger partial charge in [-0.2, -0.15) is 13.2 Å². The molecule has 194 valence electrons. The van der Waals surface area contributed by atoms with E-state index in [1.165, 1.54) is 13.2 Å². The number of carbonyl (C=O) groups excluding carboxylic acids is 2. The topological polar surface area (TPSA) is 70.7 Å². The number of nitrogens with zero attached hydrogens (tertiary/aromatic N) is 1. The van der Waals surface area contributed by atoms with Crippen LogP contribution in [0, 0.1) is 0 Å². The fraction of sp³-hybridized carbons (Fsp3) is 0.286. The first kappa shape index (κ1) is 26.1. The van der Waals surface area contributed by atoms with Crippen LogP contribution in [-0.4, -0.2) is 38.1 Å². The van der Waals surface area contributed by atoms with Gasteiger partial charge in [-0.15, -0.1) is 0 Å². The summed E-state index contributed by atoms with van der Waals surface area (Å²) in [5.74, 6) is -0.0348. The molecule has 0 unspecified atom stereocenters. The Morgan fingerprint density at radius 1 is 0.919 bits per heavy atom.